The zero-order valence-corrected chi connectivity index (χ0v) is 13.2. The number of anilines is 1. The number of rotatable bonds is 5. The largest absolute Gasteiger partial charge is 0.377 e. The molecule has 0 radical (unpaired) electrons. The number of nitro benzene ring substituents is 1. The lowest BCUT2D eigenvalue weighted by Gasteiger charge is -2.31. The van der Waals surface area contributed by atoms with Crippen LogP contribution in [0.15, 0.2) is 23.1 Å². The second-order valence-corrected chi connectivity index (χ2v) is 6.90. The summed E-state index contributed by atoms with van der Waals surface area (Å²) in [6, 6.07) is 3.83. The van der Waals surface area contributed by atoms with Gasteiger partial charge in [-0.05, 0) is 31.5 Å². The third kappa shape index (κ3) is 3.93. The first-order chi connectivity index (χ1) is 10.3. The highest BCUT2D eigenvalue weighted by Crippen LogP contribution is 2.29. The summed E-state index contributed by atoms with van der Waals surface area (Å²) in [5.41, 5.74) is 0.0526. The summed E-state index contributed by atoms with van der Waals surface area (Å²) in [6.07, 6.45) is 1.78. The number of nitrogens with one attached hydrogen (secondary N) is 1. The van der Waals surface area contributed by atoms with E-state index in [1.807, 2.05) is 0 Å². The van der Waals surface area contributed by atoms with Gasteiger partial charge in [0.15, 0.2) is 0 Å². The SMILES string of the molecule is CCN1CCC(Nc2ccc(S(N)(=O)=O)cc2[N+](=O)[O-])CC1. The molecule has 8 nitrogen and oxygen atoms in total. The summed E-state index contributed by atoms with van der Waals surface area (Å²) < 4.78 is 22.6. The minimum atomic E-state index is -3.96. The molecule has 0 bridgehead atoms. The number of hydrogen-bond donors (Lipinski definition) is 2. The Bertz CT molecular complexity index is 654. The zero-order valence-electron chi connectivity index (χ0n) is 12.4. The van der Waals surface area contributed by atoms with E-state index in [9.17, 15) is 18.5 Å². The van der Waals surface area contributed by atoms with E-state index in [1.54, 1.807) is 0 Å². The van der Waals surface area contributed by atoms with Crippen LogP contribution in [0, 0.1) is 10.1 Å². The Kier molecular flexibility index (Phi) is 4.99. The van der Waals surface area contributed by atoms with Crippen LogP contribution in [0.1, 0.15) is 19.8 Å². The van der Waals surface area contributed by atoms with E-state index in [1.165, 1.54) is 12.1 Å². The normalized spacial score (nSPS) is 17.4. The van der Waals surface area contributed by atoms with Crippen LogP contribution < -0.4 is 10.5 Å². The van der Waals surface area contributed by atoms with Crippen LogP contribution in [0.25, 0.3) is 0 Å². The number of benzene rings is 1. The maximum absolute atomic E-state index is 11.3. The van der Waals surface area contributed by atoms with Crippen LogP contribution in [-0.4, -0.2) is 43.9 Å². The Morgan fingerprint density at radius 3 is 2.55 bits per heavy atom. The number of primary sulfonamides is 1. The summed E-state index contributed by atoms with van der Waals surface area (Å²) in [7, 11) is -3.96. The Balaban J connectivity index is 2.19. The minimum Gasteiger partial charge on any atom is -0.377 e. The summed E-state index contributed by atoms with van der Waals surface area (Å²) >= 11 is 0. The standard InChI is InChI=1S/C13H20N4O4S/c1-2-16-7-5-10(6-8-16)15-12-4-3-11(22(14,20)21)9-13(12)17(18)19/h3-4,9-10,15H,2,5-8H2,1H3,(H2,14,20,21). The van der Waals surface area contributed by atoms with Crippen LogP contribution >= 0.6 is 0 Å². The predicted molar refractivity (Wildman–Crippen MR) is 83.2 cm³/mol. The topological polar surface area (TPSA) is 119 Å². The fourth-order valence-corrected chi connectivity index (χ4v) is 3.11. The lowest BCUT2D eigenvalue weighted by atomic mass is 10.0. The molecule has 0 saturated carbocycles. The third-order valence-electron chi connectivity index (χ3n) is 3.89. The van der Waals surface area contributed by atoms with Gasteiger partial charge in [0.1, 0.15) is 5.69 Å². The Hall–Kier alpha value is -1.71. The monoisotopic (exact) mass is 328 g/mol. The molecule has 1 saturated heterocycles. The van der Waals surface area contributed by atoms with Crippen molar-refractivity contribution >= 4 is 21.4 Å². The molecule has 0 unspecified atom stereocenters. The molecule has 1 fully saturated rings. The molecule has 2 rings (SSSR count). The molecule has 0 atom stereocenters. The molecule has 122 valence electrons. The number of piperidine rings is 1. The maximum Gasteiger partial charge on any atom is 0.293 e. The molecule has 1 aromatic rings. The van der Waals surface area contributed by atoms with Gasteiger partial charge in [-0.1, -0.05) is 6.92 Å². The molecule has 1 aliphatic heterocycles. The number of sulfonamides is 1. The minimum absolute atomic E-state index is 0.141. The highest BCUT2D eigenvalue weighted by molar-refractivity contribution is 7.89. The summed E-state index contributed by atoms with van der Waals surface area (Å²) in [4.78, 5) is 12.6. The maximum atomic E-state index is 11.3. The zero-order chi connectivity index (χ0) is 16.3. The summed E-state index contributed by atoms with van der Waals surface area (Å²) in [5, 5.41) is 19.3. The molecule has 0 spiro atoms. The second kappa shape index (κ2) is 6.59. The average Bonchev–Trinajstić information content (AvgIpc) is 2.47. The van der Waals surface area contributed by atoms with Crippen LogP contribution in [0.5, 0.6) is 0 Å². The number of nitro groups is 1. The van der Waals surface area contributed by atoms with Gasteiger partial charge in [0, 0.05) is 25.2 Å². The Morgan fingerprint density at radius 2 is 2.05 bits per heavy atom. The van der Waals surface area contributed by atoms with E-state index < -0.39 is 14.9 Å². The first-order valence-corrected chi connectivity index (χ1v) is 8.66. The molecule has 0 amide bonds. The lowest BCUT2D eigenvalue weighted by molar-refractivity contribution is -0.384. The first kappa shape index (κ1) is 16.7. The van der Waals surface area contributed by atoms with Crippen molar-refractivity contribution in [2.75, 3.05) is 25.0 Å². The molecule has 3 N–H and O–H groups in total. The second-order valence-electron chi connectivity index (χ2n) is 5.33. The van der Waals surface area contributed by atoms with Crippen molar-refractivity contribution in [2.24, 2.45) is 5.14 Å². The summed E-state index contributed by atoms with van der Waals surface area (Å²) in [6.45, 7) is 4.98. The fourth-order valence-electron chi connectivity index (χ4n) is 2.57. The molecule has 9 heteroatoms. The number of nitrogens with zero attached hydrogens (tertiary/aromatic N) is 2. The van der Waals surface area contributed by atoms with E-state index in [0.717, 1.165) is 38.5 Å². The van der Waals surface area contributed by atoms with Crippen molar-refractivity contribution in [3.05, 3.63) is 28.3 Å². The van der Waals surface area contributed by atoms with E-state index in [0.29, 0.717) is 5.69 Å². The highest BCUT2D eigenvalue weighted by Gasteiger charge is 2.23. The van der Waals surface area contributed by atoms with Gasteiger partial charge in [0.05, 0.1) is 9.82 Å². The first-order valence-electron chi connectivity index (χ1n) is 7.11. The van der Waals surface area contributed by atoms with Crippen molar-refractivity contribution in [3.63, 3.8) is 0 Å². The molecule has 1 aliphatic rings. The third-order valence-corrected chi connectivity index (χ3v) is 4.80. The van der Waals surface area contributed by atoms with E-state index >= 15 is 0 Å². The molecule has 1 aromatic carbocycles. The van der Waals surface area contributed by atoms with E-state index in [2.05, 4.69) is 17.1 Å². The van der Waals surface area contributed by atoms with E-state index in [-0.39, 0.29) is 16.6 Å². The van der Waals surface area contributed by atoms with Gasteiger partial charge in [0.2, 0.25) is 10.0 Å². The molecular formula is C13H20N4O4S. The molecule has 1 heterocycles. The molecular weight excluding hydrogens is 308 g/mol. The van der Waals surface area contributed by atoms with Gasteiger partial charge in [-0.2, -0.15) is 0 Å². The van der Waals surface area contributed by atoms with Gasteiger partial charge >= 0.3 is 0 Å². The van der Waals surface area contributed by atoms with Crippen LogP contribution in [0.3, 0.4) is 0 Å². The quantitative estimate of drug-likeness (QED) is 0.618. The van der Waals surface area contributed by atoms with Crippen molar-refractivity contribution in [2.45, 2.75) is 30.7 Å². The summed E-state index contributed by atoms with van der Waals surface area (Å²) in [5.74, 6) is 0. The van der Waals surface area contributed by atoms with Crippen LogP contribution in [0.2, 0.25) is 0 Å². The fraction of sp³-hybridized carbons (Fsp3) is 0.538. The molecule has 0 aliphatic carbocycles. The number of nitrogens with two attached hydrogens (primary N) is 1. The lowest BCUT2D eigenvalue weighted by Crippen LogP contribution is -2.38. The van der Waals surface area contributed by atoms with Gasteiger partial charge in [-0.25, -0.2) is 13.6 Å². The van der Waals surface area contributed by atoms with Crippen molar-refractivity contribution in [1.82, 2.24) is 4.90 Å². The van der Waals surface area contributed by atoms with Crippen LogP contribution in [0.4, 0.5) is 11.4 Å². The molecule has 22 heavy (non-hydrogen) atoms. The molecule has 0 aromatic heterocycles. The smallest absolute Gasteiger partial charge is 0.293 e. The van der Waals surface area contributed by atoms with Crippen LogP contribution in [-0.2, 0) is 10.0 Å². The predicted octanol–water partition coefficient (Wildman–Crippen LogP) is 1.14. The van der Waals surface area contributed by atoms with Crippen molar-refractivity contribution in [1.29, 1.82) is 0 Å². The Labute approximate surface area is 129 Å². The number of likely N-dealkylation sites (tertiary alicyclic amines) is 1. The van der Waals surface area contributed by atoms with Gasteiger partial charge in [-0.3, -0.25) is 10.1 Å². The number of hydrogen-bond acceptors (Lipinski definition) is 6. The highest BCUT2D eigenvalue weighted by atomic mass is 32.2. The van der Waals surface area contributed by atoms with Gasteiger partial charge in [0.25, 0.3) is 5.69 Å². The van der Waals surface area contributed by atoms with Crippen molar-refractivity contribution in [3.8, 4) is 0 Å². The van der Waals surface area contributed by atoms with E-state index in [4.69, 9.17) is 5.14 Å². The Morgan fingerprint density at radius 1 is 1.41 bits per heavy atom. The van der Waals surface area contributed by atoms with Gasteiger partial charge in [-0.15, -0.1) is 0 Å². The van der Waals surface area contributed by atoms with Gasteiger partial charge < -0.3 is 10.2 Å². The van der Waals surface area contributed by atoms with Crippen molar-refractivity contribution < 1.29 is 13.3 Å². The average molecular weight is 328 g/mol.